The van der Waals surface area contributed by atoms with Crippen LogP contribution in [-0.4, -0.2) is 10.8 Å². The molecule has 0 bridgehead atoms. The summed E-state index contributed by atoms with van der Waals surface area (Å²) in [7, 11) is 0. The molecule has 1 heterocycles. The van der Waals surface area contributed by atoms with Gasteiger partial charge in [-0.3, -0.25) is 5.43 Å². The van der Waals surface area contributed by atoms with E-state index in [1.54, 1.807) is 11.3 Å². The first-order valence-electron chi connectivity index (χ1n) is 5.87. The highest BCUT2D eigenvalue weighted by Gasteiger charge is 1.99. The van der Waals surface area contributed by atoms with Crippen molar-refractivity contribution >= 4 is 40.1 Å². The highest BCUT2D eigenvalue weighted by molar-refractivity contribution is 7.80. The molecule has 5 heteroatoms. The van der Waals surface area contributed by atoms with Crippen molar-refractivity contribution in [3.05, 3.63) is 52.2 Å². The summed E-state index contributed by atoms with van der Waals surface area (Å²) in [5.41, 5.74) is 5.94. The van der Waals surface area contributed by atoms with Gasteiger partial charge in [0.25, 0.3) is 0 Å². The third-order valence-electron chi connectivity index (χ3n) is 2.51. The van der Waals surface area contributed by atoms with Gasteiger partial charge in [0.05, 0.1) is 5.71 Å². The van der Waals surface area contributed by atoms with Gasteiger partial charge in [-0.05, 0) is 49.6 Å². The number of hydrogen-bond donors (Lipinski definition) is 2. The van der Waals surface area contributed by atoms with E-state index < -0.39 is 0 Å². The molecule has 0 spiro atoms. The van der Waals surface area contributed by atoms with Crippen LogP contribution < -0.4 is 10.7 Å². The van der Waals surface area contributed by atoms with Crippen LogP contribution in [-0.2, 0) is 0 Å². The second-order valence-electron chi connectivity index (χ2n) is 4.11. The van der Waals surface area contributed by atoms with Crippen LogP contribution in [0, 0.1) is 6.92 Å². The molecule has 0 fully saturated rings. The molecule has 2 aromatic rings. The lowest BCUT2D eigenvalue weighted by Crippen LogP contribution is -2.24. The van der Waals surface area contributed by atoms with Crippen molar-refractivity contribution in [2.24, 2.45) is 5.10 Å². The van der Waals surface area contributed by atoms with Crippen LogP contribution in [0.5, 0.6) is 0 Å². The van der Waals surface area contributed by atoms with Crippen LogP contribution in [0.2, 0.25) is 0 Å². The highest BCUT2D eigenvalue weighted by atomic mass is 32.1. The number of benzene rings is 1. The molecule has 1 aromatic carbocycles. The van der Waals surface area contributed by atoms with Gasteiger partial charge in [0.1, 0.15) is 0 Å². The Bertz CT molecular complexity index is 571. The molecule has 0 aliphatic heterocycles. The standard InChI is InChI=1S/C14H15N3S2/c1-10-5-7-12(8-6-10)15-14(18)17-16-11(2)13-4-3-9-19-13/h3-9H,1-2H3,(H2,15,17,18)/b16-11-. The fourth-order valence-corrected chi connectivity index (χ4v) is 2.31. The maximum Gasteiger partial charge on any atom is 0.191 e. The van der Waals surface area contributed by atoms with E-state index in [0.717, 1.165) is 16.3 Å². The van der Waals surface area contributed by atoms with Crippen molar-refractivity contribution < 1.29 is 0 Å². The molecule has 2 rings (SSSR count). The Morgan fingerprint density at radius 1 is 1.21 bits per heavy atom. The highest BCUT2D eigenvalue weighted by Crippen LogP contribution is 2.10. The van der Waals surface area contributed by atoms with Gasteiger partial charge in [-0.25, -0.2) is 0 Å². The van der Waals surface area contributed by atoms with Crippen LogP contribution in [0.1, 0.15) is 17.4 Å². The Kier molecular flexibility index (Phi) is 4.65. The summed E-state index contributed by atoms with van der Waals surface area (Å²) >= 11 is 6.84. The van der Waals surface area contributed by atoms with Gasteiger partial charge in [0.2, 0.25) is 0 Å². The molecule has 0 radical (unpaired) electrons. The van der Waals surface area contributed by atoms with Crippen LogP contribution in [0.4, 0.5) is 5.69 Å². The number of nitrogens with one attached hydrogen (secondary N) is 2. The third kappa shape index (κ3) is 4.15. The van der Waals surface area contributed by atoms with E-state index in [9.17, 15) is 0 Å². The van der Waals surface area contributed by atoms with Gasteiger partial charge in [-0.1, -0.05) is 23.8 Å². The molecule has 19 heavy (non-hydrogen) atoms. The molecule has 98 valence electrons. The van der Waals surface area contributed by atoms with Gasteiger partial charge >= 0.3 is 0 Å². The molecule has 0 aliphatic carbocycles. The van der Waals surface area contributed by atoms with E-state index in [1.807, 2.05) is 48.7 Å². The second kappa shape index (κ2) is 6.45. The molecule has 3 nitrogen and oxygen atoms in total. The predicted molar refractivity (Wildman–Crippen MR) is 87.1 cm³/mol. The molecule has 0 aliphatic rings. The molecular weight excluding hydrogens is 274 g/mol. The average Bonchev–Trinajstić information content (AvgIpc) is 2.93. The predicted octanol–water partition coefficient (Wildman–Crippen LogP) is 3.77. The number of hydrazone groups is 1. The van der Waals surface area contributed by atoms with E-state index >= 15 is 0 Å². The Morgan fingerprint density at radius 3 is 2.58 bits per heavy atom. The Morgan fingerprint density at radius 2 is 1.95 bits per heavy atom. The summed E-state index contributed by atoms with van der Waals surface area (Å²) in [6.07, 6.45) is 0. The maximum atomic E-state index is 5.19. The van der Waals surface area contributed by atoms with Gasteiger partial charge in [-0.15, -0.1) is 11.3 Å². The Hall–Kier alpha value is -1.72. The first-order chi connectivity index (χ1) is 9.15. The van der Waals surface area contributed by atoms with Crippen molar-refractivity contribution in [1.29, 1.82) is 0 Å². The van der Waals surface area contributed by atoms with Gasteiger partial charge in [-0.2, -0.15) is 5.10 Å². The lowest BCUT2D eigenvalue weighted by molar-refractivity contribution is 1.04. The average molecular weight is 289 g/mol. The van der Waals surface area contributed by atoms with Crippen molar-refractivity contribution in [1.82, 2.24) is 5.43 Å². The summed E-state index contributed by atoms with van der Waals surface area (Å²) in [6.45, 7) is 4.00. The minimum Gasteiger partial charge on any atom is -0.331 e. The van der Waals surface area contributed by atoms with Crippen molar-refractivity contribution in [3.8, 4) is 0 Å². The number of rotatable bonds is 3. The van der Waals surface area contributed by atoms with Gasteiger partial charge < -0.3 is 5.32 Å². The normalized spacial score (nSPS) is 11.2. The largest absolute Gasteiger partial charge is 0.331 e. The van der Waals surface area contributed by atoms with E-state index in [0.29, 0.717) is 5.11 Å². The molecular formula is C14H15N3S2. The van der Waals surface area contributed by atoms with E-state index in [4.69, 9.17) is 12.2 Å². The fourth-order valence-electron chi connectivity index (χ4n) is 1.47. The fraction of sp³-hybridized carbons (Fsp3) is 0.143. The quantitative estimate of drug-likeness (QED) is 0.513. The molecule has 0 unspecified atom stereocenters. The van der Waals surface area contributed by atoms with Crippen LogP contribution in [0.3, 0.4) is 0 Å². The van der Waals surface area contributed by atoms with E-state index in [1.165, 1.54) is 5.56 Å². The molecule has 0 amide bonds. The monoisotopic (exact) mass is 289 g/mol. The number of anilines is 1. The minimum absolute atomic E-state index is 0.486. The zero-order valence-electron chi connectivity index (χ0n) is 10.8. The smallest absolute Gasteiger partial charge is 0.191 e. The Labute approximate surface area is 122 Å². The summed E-state index contributed by atoms with van der Waals surface area (Å²) in [5, 5.41) is 9.85. The molecule has 2 N–H and O–H groups in total. The number of thiocarbonyl (C=S) groups is 1. The number of hydrogen-bond acceptors (Lipinski definition) is 3. The SMILES string of the molecule is C/C(=N/NC(=S)Nc1ccc(C)cc1)c1cccs1. The summed E-state index contributed by atoms with van der Waals surface area (Å²) in [4.78, 5) is 1.13. The van der Waals surface area contributed by atoms with Gasteiger partial charge in [0, 0.05) is 10.6 Å². The van der Waals surface area contributed by atoms with E-state index in [2.05, 4.69) is 22.8 Å². The van der Waals surface area contributed by atoms with Crippen molar-refractivity contribution in [3.63, 3.8) is 0 Å². The molecule has 0 atom stereocenters. The first kappa shape index (κ1) is 13.7. The third-order valence-corrected chi connectivity index (χ3v) is 3.68. The summed E-state index contributed by atoms with van der Waals surface area (Å²) < 4.78 is 0. The van der Waals surface area contributed by atoms with Crippen molar-refractivity contribution in [2.75, 3.05) is 5.32 Å². The van der Waals surface area contributed by atoms with Gasteiger partial charge in [0.15, 0.2) is 5.11 Å². The number of thiophene rings is 1. The minimum atomic E-state index is 0.486. The summed E-state index contributed by atoms with van der Waals surface area (Å²) in [6, 6.07) is 12.1. The number of aryl methyl sites for hydroxylation is 1. The van der Waals surface area contributed by atoms with E-state index in [-0.39, 0.29) is 0 Å². The van der Waals surface area contributed by atoms with Crippen LogP contribution >= 0.6 is 23.6 Å². The maximum absolute atomic E-state index is 5.19. The van der Waals surface area contributed by atoms with Crippen LogP contribution in [0.15, 0.2) is 46.9 Å². The first-order valence-corrected chi connectivity index (χ1v) is 7.16. The summed E-state index contributed by atoms with van der Waals surface area (Å²) in [5.74, 6) is 0. The molecule has 0 saturated heterocycles. The number of nitrogens with zero attached hydrogens (tertiary/aromatic N) is 1. The molecule has 0 saturated carbocycles. The topological polar surface area (TPSA) is 36.4 Å². The zero-order chi connectivity index (χ0) is 13.7. The van der Waals surface area contributed by atoms with Crippen molar-refractivity contribution in [2.45, 2.75) is 13.8 Å². The Balaban J connectivity index is 1.91. The van der Waals surface area contributed by atoms with Crippen LogP contribution in [0.25, 0.3) is 0 Å². The second-order valence-corrected chi connectivity index (χ2v) is 5.46. The zero-order valence-corrected chi connectivity index (χ0v) is 12.4. The lowest BCUT2D eigenvalue weighted by Gasteiger charge is -2.07. The molecule has 1 aromatic heterocycles. The lowest BCUT2D eigenvalue weighted by atomic mass is 10.2.